The molecule has 0 aliphatic heterocycles. The van der Waals surface area contributed by atoms with E-state index < -0.39 is 38.6 Å². The number of ether oxygens (including phenoxy) is 2. The molecule has 0 bridgehead atoms. The number of unbranched alkanes of at least 4 members (excludes halogenated alkanes) is 14. The van der Waals surface area contributed by atoms with E-state index in [4.69, 9.17) is 18.5 Å². The van der Waals surface area contributed by atoms with Gasteiger partial charge in [-0.05, 0) is 77.0 Å². The van der Waals surface area contributed by atoms with Gasteiger partial charge in [-0.15, -0.1) is 0 Å². The first kappa shape index (κ1) is 56.4. The first-order valence-electron chi connectivity index (χ1n) is 22.8. The number of allylic oxidation sites excluding steroid dienone is 10. The number of esters is 2. The van der Waals surface area contributed by atoms with Crippen LogP contribution in [-0.4, -0.2) is 86.1 Å². The van der Waals surface area contributed by atoms with Crippen LogP contribution in [0.15, 0.2) is 72.9 Å². The van der Waals surface area contributed by atoms with Crippen LogP contribution < -0.4 is 0 Å². The van der Waals surface area contributed by atoms with E-state index in [-0.39, 0.29) is 26.1 Å². The van der Waals surface area contributed by atoms with Crippen molar-refractivity contribution in [1.29, 1.82) is 0 Å². The third-order valence-electron chi connectivity index (χ3n) is 9.29. The van der Waals surface area contributed by atoms with E-state index in [1.165, 1.54) is 64.2 Å². The zero-order chi connectivity index (χ0) is 43.7. The molecule has 59 heavy (non-hydrogen) atoms. The number of aliphatic hydroxyl groups is 1. The lowest BCUT2D eigenvalue weighted by Gasteiger charge is -2.24. The molecule has 0 radical (unpaired) electrons. The van der Waals surface area contributed by atoms with Crippen molar-refractivity contribution in [3.8, 4) is 0 Å². The van der Waals surface area contributed by atoms with Gasteiger partial charge in [0.05, 0.1) is 33.9 Å². The summed E-state index contributed by atoms with van der Waals surface area (Å²) in [5.74, 6) is -0.918. The number of likely N-dealkylation sites (N-methyl/N-ethyl adjacent to an activating group) is 1. The minimum absolute atomic E-state index is 0.00564. The molecule has 0 rings (SSSR count). The van der Waals surface area contributed by atoms with Crippen LogP contribution >= 0.6 is 7.82 Å². The molecule has 0 amide bonds. The molecule has 0 fully saturated rings. The summed E-state index contributed by atoms with van der Waals surface area (Å²) in [5.41, 5.74) is 0. The van der Waals surface area contributed by atoms with Gasteiger partial charge in [0.2, 0.25) is 0 Å². The third kappa shape index (κ3) is 43.3. The number of quaternary nitrogens is 1. The lowest BCUT2D eigenvalue weighted by atomic mass is 10.1. The predicted octanol–water partition coefficient (Wildman–Crippen LogP) is 12.0. The van der Waals surface area contributed by atoms with Crippen molar-refractivity contribution < 1.29 is 47.2 Å². The van der Waals surface area contributed by atoms with Crippen molar-refractivity contribution in [1.82, 2.24) is 0 Å². The Labute approximate surface area is 360 Å². The van der Waals surface area contributed by atoms with Gasteiger partial charge in [0.15, 0.2) is 6.10 Å². The minimum Gasteiger partial charge on any atom is -0.462 e. The summed E-state index contributed by atoms with van der Waals surface area (Å²) in [5, 5.41) is 10.1. The van der Waals surface area contributed by atoms with Crippen LogP contribution in [0.4, 0.5) is 0 Å². The maximum atomic E-state index is 12.7. The second kappa shape index (κ2) is 39.5. The number of carbonyl (C=O) groups is 2. The SMILES string of the molecule is CCCCC/C=C\C/C=C\CCCCCCCCCC(=O)OC[C@H](COP(=O)(O)OCC[N+](C)(C)C)OC(=O)CCC/C=C\C/C=C\C=C\[C@@H](O)C/C=C\CCCCC. The quantitative estimate of drug-likeness (QED) is 0.0155. The fourth-order valence-corrected chi connectivity index (χ4v) is 6.39. The molecule has 3 atom stereocenters. The highest BCUT2D eigenvalue weighted by molar-refractivity contribution is 7.47. The van der Waals surface area contributed by atoms with Gasteiger partial charge in [-0.2, -0.15) is 0 Å². The van der Waals surface area contributed by atoms with Crippen molar-refractivity contribution >= 4 is 19.8 Å². The number of rotatable bonds is 40. The summed E-state index contributed by atoms with van der Waals surface area (Å²) in [6.07, 6.45) is 45.5. The Hall–Kier alpha value is -2.59. The van der Waals surface area contributed by atoms with Crippen LogP contribution in [0.3, 0.4) is 0 Å². The summed E-state index contributed by atoms with van der Waals surface area (Å²) < 4.78 is 34.2. The molecule has 0 heterocycles. The molecule has 0 aliphatic rings. The van der Waals surface area contributed by atoms with Gasteiger partial charge in [0, 0.05) is 12.8 Å². The van der Waals surface area contributed by atoms with Gasteiger partial charge < -0.3 is 24.0 Å². The molecule has 11 heteroatoms. The highest BCUT2D eigenvalue weighted by atomic mass is 31.2. The number of hydrogen-bond donors (Lipinski definition) is 2. The first-order chi connectivity index (χ1) is 28.4. The Morgan fingerprint density at radius 2 is 1.14 bits per heavy atom. The lowest BCUT2D eigenvalue weighted by molar-refractivity contribution is -0.870. The van der Waals surface area contributed by atoms with E-state index in [0.717, 1.165) is 44.9 Å². The average Bonchev–Trinajstić information content (AvgIpc) is 3.18. The zero-order valence-corrected chi connectivity index (χ0v) is 38.7. The van der Waals surface area contributed by atoms with Gasteiger partial charge in [0.25, 0.3) is 0 Å². The van der Waals surface area contributed by atoms with E-state index in [1.807, 2.05) is 57.6 Å². The molecule has 0 aromatic carbocycles. The maximum absolute atomic E-state index is 12.7. The molecule has 0 aliphatic carbocycles. The number of phosphoric acid groups is 1. The molecular weight excluding hydrogens is 765 g/mol. The number of aliphatic hydroxyl groups excluding tert-OH is 1. The van der Waals surface area contributed by atoms with Gasteiger partial charge in [-0.25, -0.2) is 4.57 Å². The van der Waals surface area contributed by atoms with Crippen molar-refractivity contribution in [2.24, 2.45) is 0 Å². The van der Waals surface area contributed by atoms with Gasteiger partial charge in [0.1, 0.15) is 19.8 Å². The zero-order valence-electron chi connectivity index (χ0n) is 37.8. The van der Waals surface area contributed by atoms with Crippen LogP contribution in [0.5, 0.6) is 0 Å². The van der Waals surface area contributed by atoms with E-state index in [1.54, 1.807) is 6.08 Å². The Kier molecular flexibility index (Phi) is 37.8. The maximum Gasteiger partial charge on any atom is 0.472 e. The van der Waals surface area contributed by atoms with E-state index in [2.05, 4.69) is 44.2 Å². The highest BCUT2D eigenvalue weighted by Gasteiger charge is 2.27. The lowest BCUT2D eigenvalue weighted by Crippen LogP contribution is -2.37. The van der Waals surface area contributed by atoms with Gasteiger partial charge in [-0.1, -0.05) is 145 Å². The number of phosphoric ester groups is 1. The Morgan fingerprint density at radius 1 is 0.610 bits per heavy atom. The third-order valence-corrected chi connectivity index (χ3v) is 10.3. The minimum atomic E-state index is -4.41. The van der Waals surface area contributed by atoms with Crippen LogP contribution in [-0.2, 0) is 32.7 Å². The van der Waals surface area contributed by atoms with Crippen molar-refractivity contribution in [2.45, 2.75) is 174 Å². The molecule has 2 N–H and O–H groups in total. The van der Waals surface area contributed by atoms with E-state index in [9.17, 15) is 24.2 Å². The molecule has 1 unspecified atom stereocenters. The Balaban J connectivity index is 4.52. The predicted molar refractivity (Wildman–Crippen MR) is 244 cm³/mol. The smallest absolute Gasteiger partial charge is 0.462 e. The number of carbonyl (C=O) groups excluding carboxylic acids is 2. The molecule has 0 aromatic rings. The number of hydrogen-bond acceptors (Lipinski definition) is 8. The molecule has 0 spiro atoms. The summed E-state index contributed by atoms with van der Waals surface area (Å²) in [6, 6.07) is 0. The Morgan fingerprint density at radius 3 is 1.75 bits per heavy atom. The van der Waals surface area contributed by atoms with Crippen molar-refractivity contribution in [3.63, 3.8) is 0 Å². The van der Waals surface area contributed by atoms with E-state index in [0.29, 0.717) is 36.7 Å². The van der Waals surface area contributed by atoms with Gasteiger partial charge >= 0.3 is 19.8 Å². The second-order valence-electron chi connectivity index (χ2n) is 16.3. The molecular formula is C48H85NO9P+. The standard InChI is InChI=1S/C48H84NO9P/c1-6-8-10-12-14-15-16-17-18-19-20-21-22-23-27-31-35-39-47(51)55-43-46(44-57-59(53,54)56-42-41-49(3,4)5)58-48(52)40-36-32-28-25-24-26-30-34-38-45(50)37-33-29-13-11-9-7-2/h14-15,17-18,25-26,28-30,33-34,38,45-46,50H,6-13,16,19-24,27,31-32,35-37,39-44H2,1-5H3/p+1/b15-14-,18-17-,28-25-,30-26-,33-29-,38-34+/t45-,46+/m0/s1. The molecule has 340 valence electrons. The molecule has 10 nitrogen and oxygen atoms in total. The van der Waals surface area contributed by atoms with Crippen molar-refractivity contribution in [3.05, 3.63) is 72.9 Å². The van der Waals surface area contributed by atoms with Crippen LogP contribution in [0.1, 0.15) is 162 Å². The summed E-state index contributed by atoms with van der Waals surface area (Å²) in [7, 11) is 1.39. The van der Waals surface area contributed by atoms with Crippen LogP contribution in [0.25, 0.3) is 0 Å². The molecule has 0 saturated heterocycles. The number of nitrogens with zero attached hydrogens (tertiary/aromatic N) is 1. The Bertz CT molecular complexity index is 1250. The average molecular weight is 851 g/mol. The van der Waals surface area contributed by atoms with E-state index >= 15 is 0 Å². The van der Waals surface area contributed by atoms with Gasteiger partial charge in [-0.3, -0.25) is 18.6 Å². The topological polar surface area (TPSA) is 129 Å². The summed E-state index contributed by atoms with van der Waals surface area (Å²) in [6.45, 7) is 4.19. The molecule has 0 aromatic heterocycles. The largest absolute Gasteiger partial charge is 0.472 e. The fraction of sp³-hybridized carbons (Fsp3) is 0.708. The normalized spacial score (nSPS) is 14.8. The molecule has 0 saturated carbocycles. The monoisotopic (exact) mass is 851 g/mol. The second-order valence-corrected chi connectivity index (χ2v) is 17.7. The van der Waals surface area contributed by atoms with Crippen molar-refractivity contribution in [2.75, 3.05) is 47.5 Å². The summed E-state index contributed by atoms with van der Waals surface area (Å²) >= 11 is 0. The highest BCUT2D eigenvalue weighted by Crippen LogP contribution is 2.43. The summed E-state index contributed by atoms with van der Waals surface area (Å²) in [4.78, 5) is 35.4. The fourth-order valence-electron chi connectivity index (χ4n) is 5.65. The van der Waals surface area contributed by atoms with Crippen LogP contribution in [0, 0.1) is 0 Å². The van der Waals surface area contributed by atoms with Crippen LogP contribution in [0.2, 0.25) is 0 Å². The first-order valence-corrected chi connectivity index (χ1v) is 24.3.